The zero-order valence-electron chi connectivity index (χ0n) is 23.5. The van der Waals surface area contributed by atoms with E-state index >= 15 is 0 Å². The first-order valence-electron chi connectivity index (χ1n) is 14.0. The van der Waals surface area contributed by atoms with Gasteiger partial charge in [0.25, 0.3) is 0 Å². The Morgan fingerprint density at radius 1 is 0.921 bits per heavy atom. The maximum Gasteiger partial charge on any atom is 0.219 e. The summed E-state index contributed by atoms with van der Waals surface area (Å²) in [6.07, 6.45) is 4.41. The van der Waals surface area contributed by atoms with Crippen LogP contribution in [0.5, 0.6) is 11.5 Å². The highest BCUT2D eigenvalue weighted by Gasteiger charge is 2.26. The number of fused-ring (bicyclic) bond motifs is 1. The Labute approximate surface area is 226 Å². The third-order valence-corrected chi connectivity index (χ3v) is 8.34. The predicted molar refractivity (Wildman–Crippen MR) is 155 cm³/mol. The van der Waals surface area contributed by atoms with E-state index in [2.05, 4.69) is 59.4 Å². The number of hydrogen-bond donors (Lipinski definition) is 2. The normalized spacial score (nSPS) is 17.4. The summed E-state index contributed by atoms with van der Waals surface area (Å²) in [6.45, 7) is 10.1. The molecular formula is C31H42N4O3. The molecule has 2 aliphatic rings. The molecular weight excluding hydrogens is 476 g/mol. The number of rotatable bonds is 7. The van der Waals surface area contributed by atoms with Gasteiger partial charge < -0.3 is 29.6 Å². The number of aromatic amines is 1. The van der Waals surface area contributed by atoms with Crippen molar-refractivity contribution in [1.29, 1.82) is 0 Å². The molecule has 2 N–H and O–H groups in total. The predicted octanol–water partition coefficient (Wildman–Crippen LogP) is 5.54. The Bertz CT molecular complexity index is 1270. The molecule has 1 aromatic heterocycles. The molecule has 38 heavy (non-hydrogen) atoms. The Balaban J connectivity index is 1.30. The fourth-order valence-corrected chi connectivity index (χ4v) is 6.22. The van der Waals surface area contributed by atoms with Crippen molar-refractivity contribution in [1.82, 2.24) is 15.2 Å². The zero-order chi connectivity index (χ0) is 26.8. The molecule has 0 radical (unpaired) electrons. The van der Waals surface area contributed by atoms with Crippen LogP contribution in [0.15, 0.2) is 36.4 Å². The van der Waals surface area contributed by atoms with Crippen molar-refractivity contribution in [3.63, 3.8) is 0 Å². The summed E-state index contributed by atoms with van der Waals surface area (Å²) in [7, 11) is 3.35. The zero-order valence-corrected chi connectivity index (χ0v) is 23.5. The first-order chi connectivity index (χ1) is 18.4. The van der Waals surface area contributed by atoms with Gasteiger partial charge in [-0.25, -0.2) is 0 Å². The lowest BCUT2D eigenvalue weighted by Crippen LogP contribution is -2.50. The van der Waals surface area contributed by atoms with Crippen LogP contribution in [0.2, 0.25) is 0 Å². The lowest BCUT2D eigenvalue weighted by atomic mass is 9.95. The highest BCUT2D eigenvalue weighted by atomic mass is 16.5. The minimum Gasteiger partial charge on any atom is -0.493 e. The highest BCUT2D eigenvalue weighted by Crippen LogP contribution is 2.40. The van der Waals surface area contributed by atoms with Crippen LogP contribution in [0.4, 0.5) is 5.69 Å². The molecule has 0 spiro atoms. The number of likely N-dealkylation sites (tertiary alicyclic amines) is 1. The summed E-state index contributed by atoms with van der Waals surface area (Å²) in [5.74, 6) is 2.04. The van der Waals surface area contributed by atoms with Crippen molar-refractivity contribution in [2.24, 2.45) is 0 Å². The third kappa shape index (κ3) is 5.35. The van der Waals surface area contributed by atoms with Gasteiger partial charge in [-0.1, -0.05) is 13.8 Å². The van der Waals surface area contributed by atoms with Crippen LogP contribution < -0.4 is 19.7 Å². The number of ether oxygens (including phenoxy) is 2. The van der Waals surface area contributed by atoms with Crippen molar-refractivity contribution >= 4 is 22.5 Å². The molecule has 0 atom stereocenters. The quantitative estimate of drug-likeness (QED) is 0.430. The van der Waals surface area contributed by atoms with Crippen LogP contribution in [0.1, 0.15) is 57.9 Å². The topological polar surface area (TPSA) is 69.8 Å². The molecule has 3 aromatic rings. The molecule has 0 unspecified atom stereocenters. The van der Waals surface area contributed by atoms with Crippen LogP contribution in [-0.2, 0) is 4.79 Å². The number of carbonyl (C=O) groups excluding carboxylic acids is 1. The van der Waals surface area contributed by atoms with E-state index in [9.17, 15) is 4.79 Å². The van der Waals surface area contributed by atoms with Gasteiger partial charge in [0.1, 0.15) is 0 Å². The van der Waals surface area contributed by atoms with E-state index in [4.69, 9.17) is 9.47 Å². The van der Waals surface area contributed by atoms with Crippen LogP contribution in [-0.4, -0.2) is 68.3 Å². The maximum atomic E-state index is 11.6. The van der Waals surface area contributed by atoms with Crippen molar-refractivity contribution in [3.8, 4) is 22.8 Å². The van der Waals surface area contributed by atoms with Gasteiger partial charge in [0.15, 0.2) is 11.5 Å². The first kappa shape index (κ1) is 26.4. The number of methoxy groups -OCH3 is 2. The molecule has 2 aliphatic heterocycles. The molecule has 0 saturated carbocycles. The van der Waals surface area contributed by atoms with Crippen molar-refractivity contribution < 1.29 is 14.3 Å². The number of nitrogens with one attached hydrogen (secondary N) is 2. The van der Waals surface area contributed by atoms with Gasteiger partial charge in [-0.3, -0.25) is 4.79 Å². The number of nitrogens with zero attached hydrogens (tertiary/aromatic N) is 2. The summed E-state index contributed by atoms with van der Waals surface area (Å²) in [4.78, 5) is 19.8. The lowest BCUT2D eigenvalue weighted by molar-refractivity contribution is -0.129. The number of benzene rings is 2. The minimum atomic E-state index is 0.202. The Morgan fingerprint density at radius 3 is 2.18 bits per heavy atom. The van der Waals surface area contributed by atoms with Gasteiger partial charge in [0.05, 0.1) is 19.9 Å². The molecule has 0 bridgehead atoms. The molecule has 2 fully saturated rings. The minimum absolute atomic E-state index is 0.202. The standard InChI is InChI=1S/C31H42N4O3/c1-20(2)30-26-19-25(7-8-27(26)33-31(30)22-6-9-28(37-4)29(18-22)38-5)35-16-12-24(13-17-35)32-23-10-14-34(15-11-23)21(3)36/h6-9,18-20,23-24,32-33H,10-17H2,1-5H3. The molecule has 204 valence electrons. The summed E-state index contributed by atoms with van der Waals surface area (Å²) >= 11 is 0. The number of piperidine rings is 2. The number of hydrogen-bond acceptors (Lipinski definition) is 5. The maximum absolute atomic E-state index is 11.6. The van der Waals surface area contributed by atoms with E-state index in [1.54, 1.807) is 21.1 Å². The monoisotopic (exact) mass is 518 g/mol. The summed E-state index contributed by atoms with van der Waals surface area (Å²) in [6, 6.07) is 14.1. The van der Waals surface area contributed by atoms with E-state index in [1.807, 2.05) is 11.0 Å². The van der Waals surface area contributed by atoms with Gasteiger partial charge in [0.2, 0.25) is 5.91 Å². The van der Waals surface area contributed by atoms with Crippen LogP contribution >= 0.6 is 0 Å². The third-order valence-electron chi connectivity index (χ3n) is 8.34. The van der Waals surface area contributed by atoms with E-state index in [0.717, 1.165) is 80.1 Å². The molecule has 2 aromatic carbocycles. The van der Waals surface area contributed by atoms with Gasteiger partial charge >= 0.3 is 0 Å². The van der Waals surface area contributed by atoms with Crippen molar-refractivity contribution in [2.75, 3.05) is 45.3 Å². The summed E-state index contributed by atoms with van der Waals surface area (Å²) < 4.78 is 11.0. The van der Waals surface area contributed by atoms with Gasteiger partial charge in [0, 0.05) is 67.3 Å². The van der Waals surface area contributed by atoms with Crippen LogP contribution in [0, 0.1) is 0 Å². The molecule has 0 aliphatic carbocycles. The highest BCUT2D eigenvalue weighted by molar-refractivity contribution is 5.94. The second-order valence-electron chi connectivity index (χ2n) is 11.1. The van der Waals surface area contributed by atoms with Gasteiger partial charge in [-0.2, -0.15) is 0 Å². The second kappa shape index (κ2) is 11.3. The number of aromatic nitrogens is 1. The largest absolute Gasteiger partial charge is 0.493 e. The average molecular weight is 519 g/mol. The summed E-state index contributed by atoms with van der Waals surface area (Å²) in [5.41, 5.74) is 6.04. The SMILES string of the molecule is COc1ccc(-c2[nH]c3ccc(N4CCC(NC5CCN(C(C)=O)CC5)CC4)cc3c2C(C)C)cc1OC. The van der Waals surface area contributed by atoms with Crippen molar-refractivity contribution in [2.45, 2.75) is 64.5 Å². The molecule has 2 saturated heterocycles. The molecule has 1 amide bonds. The average Bonchev–Trinajstić information content (AvgIpc) is 3.32. The van der Waals surface area contributed by atoms with E-state index < -0.39 is 0 Å². The second-order valence-corrected chi connectivity index (χ2v) is 11.1. The van der Waals surface area contributed by atoms with Crippen LogP contribution in [0.25, 0.3) is 22.2 Å². The fourth-order valence-electron chi connectivity index (χ4n) is 6.22. The van der Waals surface area contributed by atoms with Crippen molar-refractivity contribution in [3.05, 3.63) is 42.0 Å². The number of carbonyl (C=O) groups is 1. The van der Waals surface area contributed by atoms with E-state index in [1.165, 1.54) is 16.6 Å². The molecule has 7 nitrogen and oxygen atoms in total. The lowest BCUT2D eigenvalue weighted by Gasteiger charge is -2.38. The first-order valence-corrected chi connectivity index (χ1v) is 14.0. The Hall–Kier alpha value is -3.19. The Kier molecular flexibility index (Phi) is 7.84. The number of amides is 1. The number of H-pyrrole nitrogens is 1. The Morgan fingerprint density at radius 2 is 1.58 bits per heavy atom. The smallest absolute Gasteiger partial charge is 0.219 e. The van der Waals surface area contributed by atoms with Gasteiger partial charge in [-0.15, -0.1) is 0 Å². The fraction of sp³-hybridized carbons (Fsp3) is 0.516. The van der Waals surface area contributed by atoms with E-state index in [0.29, 0.717) is 18.0 Å². The molecule has 5 rings (SSSR count). The van der Waals surface area contributed by atoms with Gasteiger partial charge in [-0.05, 0) is 73.6 Å². The van der Waals surface area contributed by atoms with Crippen LogP contribution in [0.3, 0.4) is 0 Å². The number of anilines is 1. The van der Waals surface area contributed by atoms with E-state index in [-0.39, 0.29) is 5.91 Å². The summed E-state index contributed by atoms with van der Waals surface area (Å²) in [5, 5.41) is 5.18. The molecule has 7 heteroatoms. The molecule has 3 heterocycles.